The third-order valence-corrected chi connectivity index (χ3v) is 5.77. The lowest BCUT2D eigenvalue weighted by atomic mass is 9.84. The average Bonchev–Trinajstić information content (AvgIpc) is 3.00. The Hall–Kier alpha value is -0.940. The molecule has 4 unspecified atom stereocenters. The van der Waals surface area contributed by atoms with Crippen molar-refractivity contribution in [2.75, 3.05) is 0 Å². The number of fused-ring (bicyclic) bond motifs is 2. The van der Waals surface area contributed by atoms with Gasteiger partial charge >= 0.3 is 5.97 Å². The van der Waals surface area contributed by atoms with E-state index in [1.54, 1.807) is 11.3 Å². The Labute approximate surface area is 117 Å². The lowest BCUT2D eigenvalue weighted by molar-refractivity contribution is -0.144. The van der Waals surface area contributed by atoms with E-state index in [-0.39, 0.29) is 12.0 Å². The van der Waals surface area contributed by atoms with Crippen molar-refractivity contribution in [3.63, 3.8) is 0 Å². The smallest absolute Gasteiger partial charge is 0.308 e. The Morgan fingerprint density at radius 2 is 2.16 bits per heavy atom. The van der Waals surface area contributed by atoms with Gasteiger partial charge in [0.2, 0.25) is 0 Å². The number of thiazole rings is 1. The fourth-order valence-electron chi connectivity index (χ4n) is 3.89. The summed E-state index contributed by atoms with van der Waals surface area (Å²) in [6, 6.07) is 0.151. The van der Waals surface area contributed by atoms with E-state index in [1.165, 1.54) is 11.3 Å². The van der Waals surface area contributed by atoms with Gasteiger partial charge in [0.25, 0.3) is 0 Å². The molecule has 2 N–H and O–H groups in total. The number of hydrogen-bond donors (Lipinski definition) is 2. The Balaban J connectivity index is 1.69. The minimum atomic E-state index is -0.623. The summed E-state index contributed by atoms with van der Waals surface area (Å²) in [6.45, 7) is 4.80. The number of carboxylic acid groups (broad SMARTS) is 1. The third-order valence-electron chi connectivity index (χ3n) is 4.70. The predicted octanol–water partition coefficient (Wildman–Crippen LogP) is 2.35. The number of nitrogens with one attached hydrogen (secondary N) is 1. The maximum Gasteiger partial charge on any atom is 0.308 e. The van der Waals surface area contributed by atoms with E-state index in [1.807, 2.05) is 13.8 Å². The Morgan fingerprint density at radius 3 is 2.79 bits per heavy atom. The first kappa shape index (κ1) is 13.1. The molecule has 2 bridgehead atoms. The second-order valence-corrected chi connectivity index (χ2v) is 7.13. The first-order valence-corrected chi connectivity index (χ1v) is 7.77. The molecule has 2 aliphatic rings. The summed E-state index contributed by atoms with van der Waals surface area (Å²) in [6.07, 6.45) is 3.38. The third kappa shape index (κ3) is 2.30. The van der Waals surface area contributed by atoms with E-state index in [0.29, 0.717) is 11.8 Å². The first-order valence-electron chi connectivity index (χ1n) is 6.95. The highest BCUT2D eigenvalue weighted by molar-refractivity contribution is 7.11. The molecule has 104 valence electrons. The van der Waals surface area contributed by atoms with Crippen molar-refractivity contribution in [1.29, 1.82) is 0 Å². The fourth-order valence-corrected chi connectivity index (χ4v) is 4.78. The van der Waals surface area contributed by atoms with Crippen LogP contribution in [-0.2, 0) is 11.3 Å². The molecular weight excluding hydrogens is 260 g/mol. The van der Waals surface area contributed by atoms with Gasteiger partial charge in [0.15, 0.2) is 0 Å². The van der Waals surface area contributed by atoms with Crippen LogP contribution in [0.5, 0.6) is 0 Å². The number of carbonyl (C=O) groups is 1. The van der Waals surface area contributed by atoms with Crippen LogP contribution in [0.3, 0.4) is 0 Å². The number of carboxylic acids is 1. The molecular formula is C14H20N2O2S. The molecule has 0 amide bonds. The van der Waals surface area contributed by atoms with Crippen LogP contribution in [0.4, 0.5) is 0 Å². The van der Waals surface area contributed by atoms with Crippen LogP contribution in [0.2, 0.25) is 0 Å². The van der Waals surface area contributed by atoms with Crippen molar-refractivity contribution >= 4 is 17.3 Å². The van der Waals surface area contributed by atoms with Crippen molar-refractivity contribution in [2.45, 2.75) is 45.7 Å². The van der Waals surface area contributed by atoms with Crippen LogP contribution in [0.25, 0.3) is 0 Å². The highest BCUT2D eigenvalue weighted by Crippen LogP contribution is 2.48. The maximum atomic E-state index is 11.4. The molecule has 2 fully saturated rings. The van der Waals surface area contributed by atoms with Crippen LogP contribution < -0.4 is 5.32 Å². The zero-order valence-corrected chi connectivity index (χ0v) is 12.2. The average molecular weight is 280 g/mol. The second-order valence-electron chi connectivity index (χ2n) is 5.85. The molecule has 0 aliphatic heterocycles. The van der Waals surface area contributed by atoms with Gasteiger partial charge < -0.3 is 10.4 Å². The number of aryl methyl sites for hydroxylation is 2. The van der Waals surface area contributed by atoms with E-state index in [9.17, 15) is 9.90 Å². The highest BCUT2D eigenvalue weighted by Gasteiger charge is 2.50. The van der Waals surface area contributed by atoms with Crippen LogP contribution in [0, 0.1) is 31.6 Å². The fraction of sp³-hybridized carbons (Fsp3) is 0.714. The predicted molar refractivity (Wildman–Crippen MR) is 74.2 cm³/mol. The summed E-state index contributed by atoms with van der Waals surface area (Å²) < 4.78 is 0. The van der Waals surface area contributed by atoms with Gasteiger partial charge in [-0.2, -0.15) is 0 Å². The van der Waals surface area contributed by atoms with Gasteiger partial charge in [-0.3, -0.25) is 4.79 Å². The maximum absolute atomic E-state index is 11.4. The SMILES string of the molecule is Cc1nc(C)c(CNC2C3CCC(C3)C2C(=O)O)s1. The number of hydrogen-bond acceptors (Lipinski definition) is 4. The van der Waals surface area contributed by atoms with Crippen LogP contribution >= 0.6 is 11.3 Å². The quantitative estimate of drug-likeness (QED) is 0.888. The molecule has 4 nitrogen and oxygen atoms in total. The summed E-state index contributed by atoms with van der Waals surface area (Å²) in [5.74, 6) is 0.139. The molecule has 1 aromatic heterocycles. The van der Waals surface area contributed by atoms with Gasteiger partial charge in [0.1, 0.15) is 0 Å². The summed E-state index contributed by atoms with van der Waals surface area (Å²) >= 11 is 1.71. The standard InChI is InChI=1S/C14H20N2O2S/c1-7-11(19-8(2)16-7)6-15-13-10-4-3-9(5-10)12(13)14(17)18/h9-10,12-13,15H,3-6H2,1-2H3,(H,17,18). The lowest BCUT2D eigenvalue weighted by Gasteiger charge is -2.28. The summed E-state index contributed by atoms with van der Waals surface area (Å²) in [4.78, 5) is 17.1. The summed E-state index contributed by atoms with van der Waals surface area (Å²) in [7, 11) is 0. The minimum absolute atomic E-state index is 0.151. The number of aliphatic carboxylic acids is 1. The first-order chi connectivity index (χ1) is 9.06. The highest BCUT2D eigenvalue weighted by atomic mass is 32.1. The minimum Gasteiger partial charge on any atom is -0.481 e. The zero-order valence-electron chi connectivity index (χ0n) is 11.3. The lowest BCUT2D eigenvalue weighted by Crippen LogP contribution is -2.43. The Kier molecular flexibility index (Phi) is 3.35. The summed E-state index contributed by atoms with van der Waals surface area (Å²) in [5, 5.41) is 14.0. The van der Waals surface area contributed by atoms with Gasteiger partial charge in [-0.1, -0.05) is 0 Å². The van der Waals surface area contributed by atoms with Crippen LogP contribution in [0.15, 0.2) is 0 Å². The molecule has 3 rings (SSSR count). The number of aromatic nitrogens is 1. The molecule has 0 aromatic carbocycles. The Morgan fingerprint density at radius 1 is 1.42 bits per heavy atom. The van der Waals surface area contributed by atoms with Crippen LogP contribution in [0.1, 0.15) is 34.8 Å². The van der Waals surface area contributed by atoms with E-state index in [4.69, 9.17) is 0 Å². The van der Waals surface area contributed by atoms with Gasteiger partial charge in [0.05, 0.1) is 16.6 Å². The van der Waals surface area contributed by atoms with E-state index >= 15 is 0 Å². The molecule has 4 atom stereocenters. The monoisotopic (exact) mass is 280 g/mol. The largest absolute Gasteiger partial charge is 0.481 e. The second kappa shape index (κ2) is 4.87. The normalized spacial score (nSPS) is 32.9. The van der Waals surface area contributed by atoms with Gasteiger partial charge in [-0.05, 0) is 44.9 Å². The van der Waals surface area contributed by atoms with E-state index < -0.39 is 5.97 Å². The van der Waals surface area contributed by atoms with Gasteiger partial charge in [-0.15, -0.1) is 11.3 Å². The van der Waals surface area contributed by atoms with E-state index in [2.05, 4.69) is 10.3 Å². The van der Waals surface area contributed by atoms with Crippen LogP contribution in [-0.4, -0.2) is 22.1 Å². The van der Waals surface area contributed by atoms with Gasteiger partial charge in [-0.25, -0.2) is 4.98 Å². The molecule has 0 radical (unpaired) electrons. The number of rotatable bonds is 4. The van der Waals surface area contributed by atoms with Gasteiger partial charge in [0, 0.05) is 17.5 Å². The molecule has 5 heteroatoms. The number of nitrogens with zero attached hydrogens (tertiary/aromatic N) is 1. The molecule has 19 heavy (non-hydrogen) atoms. The molecule has 0 spiro atoms. The molecule has 2 aliphatic carbocycles. The Bertz CT molecular complexity index is 500. The van der Waals surface area contributed by atoms with Crippen molar-refractivity contribution in [3.05, 3.63) is 15.6 Å². The topological polar surface area (TPSA) is 62.2 Å². The summed E-state index contributed by atoms with van der Waals surface area (Å²) in [5.41, 5.74) is 1.07. The van der Waals surface area contributed by atoms with Crippen molar-refractivity contribution < 1.29 is 9.90 Å². The van der Waals surface area contributed by atoms with E-state index in [0.717, 1.165) is 30.1 Å². The van der Waals surface area contributed by atoms with Crippen molar-refractivity contribution in [1.82, 2.24) is 10.3 Å². The molecule has 2 saturated carbocycles. The molecule has 0 saturated heterocycles. The zero-order chi connectivity index (χ0) is 13.6. The van der Waals surface area contributed by atoms with Crippen molar-refractivity contribution in [3.8, 4) is 0 Å². The molecule has 1 aromatic rings. The molecule has 1 heterocycles. The van der Waals surface area contributed by atoms with Crippen molar-refractivity contribution in [2.24, 2.45) is 17.8 Å².